The molecule has 0 radical (unpaired) electrons. The fourth-order valence-electron chi connectivity index (χ4n) is 2.50. The second kappa shape index (κ2) is 10.4. The molecule has 0 saturated carbocycles. The number of nitrogens with one attached hydrogen (secondary N) is 2. The zero-order valence-electron chi connectivity index (χ0n) is 16.4. The average Bonchev–Trinajstić information content (AvgIpc) is 2.79. The number of nitrogens with zero attached hydrogens (tertiary/aromatic N) is 1. The molecule has 0 aliphatic heterocycles. The topological polar surface area (TPSA) is 89.0 Å². The number of amides is 2. The van der Waals surface area contributed by atoms with E-state index in [-0.39, 0.29) is 0 Å². The molecule has 2 amide bonds. The van der Waals surface area contributed by atoms with Crippen molar-refractivity contribution >= 4 is 23.7 Å². The summed E-state index contributed by atoms with van der Waals surface area (Å²) in [5.41, 5.74) is 4.47. The Bertz CT molecular complexity index is 1020. The second-order valence-corrected chi connectivity index (χ2v) is 6.23. The summed E-state index contributed by atoms with van der Waals surface area (Å²) >= 11 is 0. The summed E-state index contributed by atoms with van der Waals surface area (Å²) in [6.45, 7) is 0.479. The molecule has 2 N–H and O–H groups in total. The molecule has 0 aliphatic rings. The van der Waals surface area contributed by atoms with Crippen LogP contribution in [0.5, 0.6) is 11.5 Å². The van der Waals surface area contributed by atoms with Gasteiger partial charge in [0.2, 0.25) is 0 Å². The van der Waals surface area contributed by atoms with Gasteiger partial charge >= 0.3 is 11.8 Å². The van der Waals surface area contributed by atoms with Gasteiger partial charge in [-0.15, -0.1) is 0 Å². The first-order valence-corrected chi connectivity index (χ1v) is 9.19. The Balaban J connectivity index is 1.47. The van der Waals surface area contributed by atoms with Crippen molar-refractivity contribution in [2.24, 2.45) is 5.10 Å². The maximum Gasteiger partial charge on any atom is 0.329 e. The summed E-state index contributed by atoms with van der Waals surface area (Å²) in [7, 11) is 1.52. The van der Waals surface area contributed by atoms with Crippen LogP contribution in [0.15, 0.2) is 84.0 Å². The maximum absolute atomic E-state index is 11.9. The molecule has 3 aromatic carbocycles. The first-order valence-electron chi connectivity index (χ1n) is 9.19. The van der Waals surface area contributed by atoms with E-state index in [9.17, 15) is 9.59 Å². The highest BCUT2D eigenvalue weighted by Crippen LogP contribution is 2.16. The van der Waals surface area contributed by atoms with Crippen LogP contribution in [0.3, 0.4) is 0 Å². The monoisotopic (exact) mass is 403 g/mol. The van der Waals surface area contributed by atoms with Crippen molar-refractivity contribution in [2.75, 3.05) is 12.4 Å². The SMILES string of the molecule is COc1cccc(NC(=O)C(=O)N/N=C/c2ccc(OCc3ccccc3)cc2)c1. The average molecular weight is 403 g/mol. The Labute approximate surface area is 174 Å². The van der Waals surface area contributed by atoms with E-state index < -0.39 is 11.8 Å². The Morgan fingerprint density at radius 3 is 2.40 bits per heavy atom. The Morgan fingerprint density at radius 2 is 1.67 bits per heavy atom. The molecule has 0 saturated heterocycles. The lowest BCUT2D eigenvalue weighted by atomic mass is 10.2. The molecule has 0 bridgehead atoms. The fraction of sp³-hybridized carbons (Fsp3) is 0.0870. The van der Waals surface area contributed by atoms with Gasteiger partial charge in [-0.1, -0.05) is 36.4 Å². The van der Waals surface area contributed by atoms with E-state index in [4.69, 9.17) is 9.47 Å². The molecular formula is C23H21N3O4. The number of anilines is 1. The lowest BCUT2D eigenvalue weighted by Gasteiger charge is -2.06. The Kier molecular flexibility index (Phi) is 7.16. The Morgan fingerprint density at radius 1 is 0.900 bits per heavy atom. The number of carbonyl (C=O) groups excluding carboxylic acids is 2. The first kappa shape index (κ1) is 20.6. The number of hydrazone groups is 1. The number of hydrogen-bond donors (Lipinski definition) is 2. The van der Waals surface area contributed by atoms with Crippen LogP contribution >= 0.6 is 0 Å². The van der Waals surface area contributed by atoms with Gasteiger partial charge in [-0.25, -0.2) is 5.43 Å². The van der Waals surface area contributed by atoms with Gasteiger partial charge in [0, 0.05) is 11.8 Å². The van der Waals surface area contributed by atoms with Crippen LogP contribution in [-0.2, 0) is 16.2 Å². The van der Waals surface area contributed by atoms with Crippen LogP contribution in [-0.4, -0.2) is 25.1 Å². The molecule has 7 heteroatoms. The third kappa shape index (κ3) is 6.20. The number of ether oxygens (including phenoxy) is 2. The first-order chi connectivity index (χ1) is 14.6. The molecule has 7 nitrogen and oxygen atoms in total. The molecule has 3 aromatic rings. The third-order valence-corrected chi connectivity index (χ3v) is 4.04. The number of rotatable bonds is 7. The van der Waals surface area contributed by atoms with Crippen LogP contribution in [0.1, 0.15) is 11.1 Å². The quantitative estimate of drug-likeness (QED) is 0.360. The van der Waals surface area contributed by atoms with Crippen LogP contribution in [0, 0.1) is 0 Å². The van der Waals surface area contributed by atoms with Crippen molar-refractivity contribution in [1.82, 2.24) is 5.43 Å². The molecule has 30 heavy (non-hydrogen) atoms. The summed E-state index contributed by atoms with van der Waals surface area (Å²) in [4.78, 5) is 23.8. The molecular weight excluding hydrogens is 382 g/mol. The molecule has 0 heterocycles. The van der Waals surface area contributed by atoms with E-state index in [1.54, 1.807) is 36.4 Å². The van der Waals surface area contributed by atoms with Crippen LogP contribution in [0.4, 0.5) is 5.69 Å². The van der Waals surface area contributed by atoms with Gasteiger partial charge in [0.1, 0.15) is 18.1 Å². The molecule has 3 rings (SSSR count). The lowest BCUT2D eigenvalue weighted by molar-refractivity contribution is -0.136. The molecule has 152 valence electrons. The van der Waals surface area contributed by atoms with Crippen LogP contribution < -0.4 is 20.2 Å². The van der Waals surface area contributed by atoms with E-state index in [0.717, 1.165) is 16.9 Å². The Hall–Kier alpha value is -4.13. The predicted molar refractivity (Wildman–Crippen MR) is 115 cm³/mol. The molecule has 0 unspecified atom stereocenters. The highest BCUT2D eigenvalue weighted by molar-refractivity contribution is 6.39. The predicted octanol–water partition coefficient (Wildman–Crippen LogP) is 3.36. The molecule has 0 aromatic heterocycles. The number of carbonyl (C=O) groups is 2. The van der Waals surface area contributed by atoms with Gasteiger partial charge in [0.05, 0.1) is 13.3 Å². The highest BCUT2D eigenvalue weighted by Gasteiger charge is 2.13. The molecule has 0 fully saturated rings. The van der Waals surface area contributed by atoms with Crippen molar-refractivity contribution in [3.63, 3.8) is 0 Å². The third-order valence-electron chi connectivity index (χ3n) is 4.04. The van der Waals surface area contributed by atoms with Crippen molar-refractivity contribution in [1.29, 1.82) is 0 Å². The minimum atomic E-state index is -0.878. The molecule has 0 atom stereocenters. The number of benzene rings is 3. The van der Waals surface area contributed by atoms with Gasteiger partial charge in [0.15, 0.2) is 0 Å². The summed E-state index contributed by atoms with van der Waals surface area (Å²) in [6, 6.07) is 23.8. The van der Waals surface area contributed by atoms with Crippen molar-refractivity contribution in [3.8, 4) is 11.5 Å². The smallest absolute Gasteiger partial charge is 0.329 e. The zero-order chi connectivity index (χ0) is 21.2. The van der Waals surface area contributed by atoms with E-state index in [1.165, 1.54) is 13.3 Å². The highest BCUT2D eigenvalue weighted by atomic mass is 16.5. The van der Waals surface area contributed by atoms with Crippen molar-refractivity contribution in [2.45, 2.75) is 6.61 Å². The fourth-order valence-corrected chi connectivity index (χ4v) is 2.50. The number of hydrogen-bond acceptors (Lipinski definition) is 5. The zero-order valence-corrected chi connectivity index (χ0v) is 16.4. The van der Waals surface area contributed by atoms with Crippen LogP contribution in [0.2, 0.25) is 0 Å². The summed E-state index contributed by atoms with van der Waals surface area (Å²) < 4.78 is 10.8. The number of methoxy groups -OCH3 is 1. The van der Waals surface area contributed by atoms with Crippen LogP contribution in [0.25, 0.3) is 0 Å². The summed E-state index contributed by atoms with van der Waals surface area (Å²) in [6.07, 6.45) is 1.44. The van der Waals surface area contributed by atoms with Gasteiger partial charge in [-0.05, 0) is 47.5 Å². The maximum atomic E-state index is 11.9. The minimum Gasteiger partial charge on any atom is -0.497 e. The normalized spacial score (nSPS) is 10.4. The summed E-state index contributed by atoms with van der Waals surface area (Å²) in [5.74, 6) is -0.415. The van der Waals surface area contributed by atoms with Gasteiger partial charge in [0.25, 0.3) is 0 Å². The van der Waals surface area contributed by atoms with Crippen molar-refractivity contribution in [3.05, 3.63) is 90.0 Å². The minimum absolute atomic E-state index is 0.449. The summed E-state index contributed by atoms with van der Waals surface area (Å²) in [5, 5.41) is 6.29. The lowest BCUT2D eigenvalue weighted by Crippen LogP contribution is -2.32. The largest absolute Gasteiger partial charge is 0.497 e. The van der Waals surface area contributed by atoms with Gasteiger partial charge < -0.3 is 14.8 Å². The molecule has 0 aliphatic carbocycles. The van der Waals surface area contributed by atoms with Gasteiger partial charge in [-0.3, -0.25) is 9.59 Å². The van der Waals surface area contributed by atoms with E-state index in [1.807, 2.05) is 42.5 Å². The standard InChI is InChI=1S/C23H21N3O4/c1-29-21-9-5-8-19(14-21)25-22(27)23(28)26-24-15-17-10-12-20(13-11-17)30-16-18-6-3-2-4-7-18/h2-15H,16H2,1H3,(H,25,27)(H,26,28)/b24-15+. The van der Waals surface area contributed by atoms with Gasteiger partial charge in [-0.2, -0.15) is 5.10 Å². The van der Waals surface area contributed by atoms with Crippen molar-refractivity contribution < 1.29 is 19.1 Å². The van der Waals surface area contributed by atoms with E-state index >= 15 is 0 Å². The second-order valence-electron chi connectivity index (χ2n) is 6.23. The van der Waals surface area contributed by atoms with E-state index in [0.29, 0.717) is 18.0 Å². The van der Waals surface area contributed by atoms with E-state index in [2.05, 4.69) is 15.8 Å². The molecule has 0 spiro atoms.